The minimum Gasteiger partial charge on any atom is -0.358 e. The van der Waals surface area contributed by atoms with Gasteiger partial charge < -0.3 is 4.98 Å². The predicted octanol–water partition coefficient (Wildman–Crippen LogP) is 4.92. The van der Waals surface area contributed by atoms with Crippen molar-refractivity contribution in [3.8, 4) is 12.1 Å². The van der Waals surface area contributed by atoms with Crippen LogP contribution in [0, 0.1) is 35.5 Å². The van der Waals surface area contributed by atoms with Gasteiger partial charge in [0.05, 0.1) is 12.1 Å². The summed E-state index contributed by atoms with van der Waals surface area (Å²) in [5, 5.41) is 20.6. The SMILES string of the molecule is Cc1[nH]c2ccccc2c1C(c1ccccc1Cl)C(C#N)C#N. The maximum absolute atomic E-state index is 9.48. The van der Waals surface area contributed by atoms with Crippen molar-refractivity contribution in [2.45, 2.75) is 12.8 Å². The molecule has 0 aliphatic heterocycles. The highest BCUT2D eigenvalue weighted by Crippen LogP contribution is 2.40. The van der Waals surface area contributed by atoms with Gasteiger partial charge in [-0.1, -0.05) is 48.0 Å². The highest BCUT2D eigenvalue weighted by molar-refractivity contribution is 6.31. The molecule has 1 heterocycles. The second-order valence-corrected chi connectivity index (χ2v) is 5.85. The van der Waals surface area contributed by atoms with Crippen LogP contribution in [-0.2, 0) is 0 Å². The van der Waals surface area contributed by atoms with Crippen molar-refractivity contribution < 1.29 is 0 Å². The molecular weight excluding hydrogens is 306 g/mol. The summed E-state index contributed by atoms with van der Waals surface area (Å²) in [5.41, 5.74) is 3.70. The summed E-state index contributed by atoms with van der Waals surface area (Å²) in [5.74, 6) is -1.21. The third-order valence-corrected chi connectivity index (χ3v) is 4.45. The molecule has 1 aromatic heterocycles. The first-order valence-corrected chi connectivity index (χ1v) is 7.66. The van der Waals surface area contributed by atoms with Crippen molar-refractivity contribution in [1.29, 1.82) is 10.5 Å². The third kappa shape index (κ3) is 2.57. The number of aromatic amines is 1. The Kier molecular flexibility index (Phi) is 4.06. The molecule has 3 aromatic rings. The number of nitrogens with one attached hydrogen (secondary N) is 1. The molecule has 3 rings (SSSR count). The number of benzene rings is 2. The van der Waals surface area contributed by atoms with Crippen molar-refractivity contribution in [2.24, 2.45) is 5.92 Å². The van der Waals surface area contributed by atoms with Crippen LogP contribution in [0.3, 0.4) is 0 Å². The molecule has 112 valence electrons. The van der Waals surface area contributed by atoms with Crippen LogP contribution in [0.25, 0.3) is 10.9 Å². The molecule has 0 bridgehead atoms. The summed E-state index contributed by atoms with van der Waals surface area (Å²) in [7, 11) is 0. The van der Waals surface area contributed by atoms with E-state index in [0.29, 0.717) is 5.02 Å². The van der Waals surface area contributed by atoms with Crippen LogP contribution in [0.1, 0.15) is 22.7 Å². The van der Waals surface area contributed by atoms with Gasteiger partial charge in [-0.05, 0) is 30.2 Å². The van der Waals surface area contributed by atoms with E-state index in [2.05, 4.69) is 17.1 Å². The fourth-order valence-electron chi connectivity index (χ4n) is 3.11. The Labute approximate surface area is 139 Å². The Hall–Kier alpha value is -2.75. The summed E-state index contributed by atoms with van der Waals surface area (Å²) < 4.78 is 0. The molecule has 23 heavy (non-hydrogen) atoms. The molecule has 0 aliphatic rings. The van der Waals surface area contributed by atoms with Gasteiger partial charge in [0.25, 0.3) is 0 Å². The van der Waals surface area contributed by atoms with Gasteiger partial charge in [0.1, 0.15) is 5.92 Å². The number of nitriles is 2. The number of hydrogen-bond donors (Lipinski definition) is 1. The van der Waals surface area contributed by atoms with E-state index in [4.69, 9.17) is 11.6 Å². The Bertz CT molecular complexity index is 929. The molecule has 1 unspecified atom stereocenters. The fraction of sp³-hybridized carbons (Fsp3) is 0.158. The van der Waals surface area contributed by atoms with Gasteiger partial charge in [0, 0.05) is 27.5 Å². The molecule has 0 fully saturated rings. The van der Waals surface area contributed by atoms with Crippen LogP contribution in [0.5, 0.6) is 0 Å². The molecule has 0 radical (unpaired) electrons. The van der Waals surface area contributed by atoms with Crippen molar-refractivity contribution in [3.63, 3.8) is 0 Å². The monoisotopic (exact) mass is 319 g/mol. The van der Waals surface area contributed by atoms with E-state index < -0.39 is 11.8 Å². The van der Waals surface area contributed by atoms with Crippen LogP contribution in [0.4, 0.5) is 0 Å². The van der Waals surface area contributed by atoms with Crippen LogP contribution in [0.15, 0.2) is 48.5 Å². The molecule has 1 atom stereocenters. The largest absolute Gasteiger partial charge is 0.358 e. The molecule has 0 amide bonds. The van der Waals surface area contributed by atoms with Crippen molar-refractivity contribution in [1.82, 2.24) is 4.98 Å². The molecule has 4 heteroatoms. The number of rotatable bonds is 3. The van der Waals surface area contributed by atoms with Gasteiger partial charge in [0.2, 0.25) is 0 Å². The molecule has 1 N–H and O–H groups in total. The quantitative estimate of drug-likeness (QED) is 0.744. The maximum Gasteiger partial charge on any atom is 0.144 e. The van der Waals surface area contributed by atoms with E-state index in [0.717, 1.165) is 27.7 Å². The van der Waals surface area contributed by atoms with E-state index in [-0.39, 0.29) is 0 Å². The first kappa shape index (κ1) is 15.2. The van der Waals surface area contributed by atoms with Gasteiger partial charge in [-0.25, -0.2) is 0 Å². The predicted molar refractivity (Wildman–Crippen MR) is 91.0 cm³/mol. The molecule has 0 aliphatic carbocycles. The maximum atomic E-state index is 9.48. The second kappa shape index (κ2) is 6.16. The molecule has 0 spiro atoms. The number of hydrogen-bond acceptors (Lipinski definition) is 2. The number of halogens is 1. The normalized spacial score (nSPS) is 12.0. The first-order chi connectivity index (χ1) is 11.2. The molecular formula is C19H14ClN3. The lowest BCUT2D eigenvalue weighted by molar-refractivity contribution is 0.709. The number of fused-ring (bicyclic) bond motifs is 1. The molecule has 2 aromatic carbocycles. The summed E-state index contributed by atoms with van der Waals surface area (Å²) in [6.07, 6.45) is 0. The van der Waals surface area contributed by atoms with Gasteiger partial charge in [-0.15, -0.1) is 0 Å². The zero-order valence-electron chi connectivity index (χ0n) is 12.5. The topological polar surface area (TPSA) is 63.4 Å². The van der Waals surface area contributed by atoms with Crippen LogP contribution >= 0.6 is 11.6 Å². The summed E-state index contributed by atoms with van der Waals surface area (Å²) in [6.45, 7) is 1.96. The number of nitrogens with zero attached hydrogens (tertiary/aromatic N) is 2. The second-order valence-electron chi connectivity index (χ2n) is 5.44. The zero-order valence-corrected chi connectivity index (χ0v) is 13.3. The molecule has 0 saturated heterocycles. The summed E-state index contributed by atoms with van der Waals surface area (Å²) >= 11 is 6.37. The Morgan fingerprint density at radius 2 is 1.65 bits per heavy atom. The molecule has 0 saturated carbocycles. The first-order valence-electron chi connectivity index (χ1n) is 7.28. The highest BCUT2D eigenvalue weighted by atomic mass is 35.5. The smallest absolute Gasteiger partial charge is 0.144 e. The number of para-hydroxylation sites is 1. The number of aromatic nitrogens is 1. The Morgan fingerprint density at radius 1 is 1.00 bits per heavy atom. The van der Waals surface area contributed by atoms with Gasteiger partial charge in [-0.2, -0.15) is 10.5 Å². The lowest BCUT2D eigenvalue weighted by Crippen LogP contribution is -2.13. The van der Waals surface area contributed by atoms with E-state index in [1.165, 1.54) is 0 Å². The van der Waals surface area contributed by atoms with E-state index >= 15 is 0 Å². The summed E-state index contributed by atoms with van der Waals surface area (Å²) in [4.78, 5) is 3.34. The average Bonchev–Trinajstić information content (AvgIpc) is 2.89. The third-order valence-electron chi connectivity index (χ3n) is 4.11. The van der Waals surface area contributed by atoms with Gasteiger partial charge >= 0.3 is 0 Å². The highest BCUT2D eigenvalue weighted by Gasteiger charge is 2.30. The van der Waals surface area contributed by atoms with E-state index in [9.17, 15) is 10.5 Å². The fourth-order valence-corrected chi connectivity index (χ4v) is 3.36. The van der Waals surface area contributed by atoms with Crippen LogP contribution in [0.2, 0.25) is 5.02 Å². The lowest BCUT2D eigenvalue weighted by atomic mass is 9.80. The Balaban J connectivity index is 2.32. The van der Waals surface area contributed by atoms with Crippen LogP contribution < -0.4 is 0 Å². The van der Waals surface area contributed by atoms with Crippen molar-refractivity contribution in [3.05, 3.63) is 70.4 Å². The van der Waals surface area contributed by atoms with Crippen molar-refractivity contribution in [2.75, 3.05) is 0 Å². The van der Waals surface area contributed by atoms with Gasteiger partial charge in [0.15, 0.2) is 0 Å². The van der Waals surface area contributed by atoms with E-state index in [1.54, 1.807) is 6.07 Å². The summed E-state index contributed by atoms with van der Waals surface area (Å²) in [6, 6.07) is 19.6. The minimum atomic E-state index is -0.812. The van der Waals surface area contributed by atoms with Crippen LogP contribution in [-0.4, -0.2) is 4.98 Å². The van der Waals surface area contributed by atoms with E-state index in [1.807, 2.05) is 49.4 Å². The van der Waals surface area contributed by atoms with Crippen molar-refractivity contribution >= 4 is 22.5 Å². The standard InChI is InChI=1S/C19H14ClN3/c1-12-18(15-7-3-5-9-17(15)23-12)19(13(10-21)11-22)14-6-2-4-8-16(14)20/h2-9,13,19,23H,1H3. The Morgan fingerprint density at radius 3 is 2.35 bits per heavy atom. The number of aryl methyl sites for hydroxylation is 1. The molecule has 3 nitrogen and oxygen atoms in total. The minimum absolute atomic E-state index is 0.394. The average molecular weight is 320 g/mol. The lowest BCUT2D eigenvalue weighted by Gasteiger charge is -2.20. The zero-order chi connectivity index (χ0) is 16.4. The number of H-pyrrole nitrogens is 1. The van der Waals surface area contributed by atoms with Gasteiger partial charge in [-0.3, -0.25) is 0 Å².